The Kier molecular flexibility index (Phi) is 6.57. The van der Waals surface area contributed by atoms with Crippen LogP contribution < -0.4 is 9.62 Å². The summed E-state index contributed by atoms with van der Waals surface area (Å²) in [6.07, 6.45) is -0.169. The average molecular weight is 390 g/mol. The van der Waals surface area contributed by atoms with E-state index in [1.807, 2.05) is 6.92 Å². The molecule has 0 saturated heterocycles. The van der Waals surface area contributed by atoms with Crippen molar-refractivity contribution in [1.29, 1.82) is 0 Å². The fourth-order valence-electron chi connectivity index (χ4n) is 2.40. The molecule has 27 heavy (non-hydrogen) atoms. The van der Waals surface area contributed by atoms with Crippen LogP contribution in [0, 0.1) is 6.92 Å². The lowest BCUT2D eigenvalue weighted by Crippen LogP contribution is -2.41. The molecule has 0 aromatic heterocycles. The van der Waals surface area contributed by atoms with Crippen LogP contribution in [0.15, 0.2) is 59.5 Å². The van der Waals surface area contributed by atoms with E-state index in [4.69, 9.17) is 5.11 Å². The van der Waals surface area contributed by atoms with Gasteiger partial charge in [0, 0.05) is 13.0 Å². The standard InChI is InChI=1S/C19H22N2O5S/c1-14-8-10-16(11-9-14)21(13-12-18(22)20-15(2)19(23)24)27(25,26)17-6-4-3-5-7-17/h3-11,15H,12-13H2,1-2H3,(H,20,22)(H,23,24). The molecule has 0 fully saturated rings. The molecule has 2 aromatic rings. The molecular formula is C19H22N2O5S. The smallest absolute Gasteiger partial charge is 0.325 e. The fourth-order valence-corrected chi connectivity index (χ4v) is 3.88. The van der Waals surface area contributed by atoms with E-state index in [1.54, 1.807) is 42.5 Å². The molecule has 0 aliphatic carbocycles. The van der Waals surface area contributed by atoms with Crippen molar-refractivity contribution in [3.05, 3.63) is 60.2 Å². The minimum Gasteiger partial charge on any atom is -0.480 e. The Morgan fingerprint density at radius 1 is 1.07 bits per heavy atom. The van der Waals surface area contributed by atoms with E-state index in [0.717, 1.165) is 9.87 Å². The summed E-state index contributed by atoms with van der Waals surface area (Å²) in [5.74, 6) is -1.69. The summed E-state index contributed by atoms with van der Waals surface area (Å²) in [5.41, 5.74) is 1.41. The van der Waals surface area contributed by atoms with Crippen molar-refractivity contribution in [1.82, 2.24) is 5.32 Å². The predicted molar refractivity (Wildman–Crippen MR) is 102 cm³/mol. The third kappa shape index (κ3) is 5.30. The third-order valence-electron chi connectivity index (χ3n) is 3.94. The summed E-state index contributed by atoms with van der Waals surface area (Å²) in [6, 6.07) is 13.8. The quantitative estimate of drug-likeness (QED) is 0.719. The van der Waals surface area contributed by atoms with E-state index >= 15 is 0 Å². The number of aryl methyl sites for hydroxylation is 1. The Hall–Kier alpha value is -2.87. The highest BCUT2D eigenvalue weighted by molar-refractivity contribution is 7.92. The first-order chi connectivity index (χ1) is 12.7. The highest BCUT2D eigenvalue weighted by atomic mass is 32.2. The molecule has 7 nitrogen and oxygen atoms in total. The maximum Gasteiger partial charge on any atom is 0.325 e. The lowest BCUT2D eigenvalue weighted by molar-refractivity contribution is -0.141. The number of hydrogen-bond donors (Lipinski definition) is 2. The molecule has 144 valence electrons. The van der Waals surface area contributed by atoms with E-state index in [1.165, 1.54) is 19.1 Å². The summed E-state index contributed by atoms with van der Waals surface area (Å²) in [4.78, 5) is 23.0. The van der Waals surface area contributed by atoms with Gasteiger partial charge in [0.1, 0.15) is 6.04 Å². The number of benzene rings is 2. The number of hydrogen-bond acceptors (Lipinski definition) is 4. The van der Waals surface area contributed by atoms with E-state index in [9.17, 15) is 18.0 Å². The maximum absolute atomic E-state index is 13.1. The molecule has 0 spiro atoms. The molecule has 1 unspecified atom stereocenters. The average Bonchev–Trinajstić information content (AvgIpc) is 2.63. The van der Waals surface area contributed by atoms with Crippen molar-refractivity contribution in [3.63, 3.8) is 0 Å². The van der Waals surface area contributed by atoms with Gasteiger partial charge in [-0.3, -0.25) is 13.9 Å². The topological polar surface area (TPSA) is 104 Å². The monoisotopic (exact) mass is 390 g/mol. The molecule has 0 bridgehead atoms. The van der Waals surface area contributed by atoms with Gasteiger partial charge in [0.25, 0.3) is 10.0 Å². The third-order valence-corrected chi connectivity index (χ3v) is 5.78. The van der Waals surface area contributed by atoms with E-state index in [2.05, 4.69) is 5.32 Å². The maximum atomic E-state index is 13.1. The van der Waals surface area contributed by atoms with Crippen LogP contribution in [0.1, 0.15) is 18.9 Å². The number of sulfonamides is 1. The van der Waals surface area contributed by atoms with Gasteiger partial charge >= 0.3 is 5.97 Å². The first-order valence-electron chi connectivity index (χ1n) is 8.38. The lowest BCUT2D eigenvalue weighted by atomic mass is 10.2. The Morgan fingerprint density at radius 2 is 1.67 bits per heavy atom. The van der Waals surface area contributed by atoms with Crippen LogP contribution in [0.5, 0.6) is 0 Å². The zero-order valence-electron chi connectivity index (χ0n) is 15.1. The van der Waals surface area contributed by atoms with Gasteiger partial charge in [0.15, 0.2) is 0 Å². The molecule has 2 aromatic carbocycles. The molecule has 0 aliphatic rings. The van der Waals surface area contributed by atoms with Gasteiger partial charge in [0.05, 0.1) is 10.6 Å². The minimum absolute atomic E-state index is 0.113. The Bertz CT molecular complexity index is 895. The highest BCUT2D eigenvalue weighted by Gasteiger charge is 2.25. The molecule has 0 saturated carbocycles. The Labute approximate surface area is 158 Å². The second-order valence-corrected chi connectivity index (χ2v) is 7.97. The number of nitrogens with zero attached hydrogens (tertiary/aromatic N) is 1. The van der Waals surface area contributed by atoms with E-state index < -0.39 is 27.9 Å². The summed E-state index contributed by atoms with van der Waals surface area (Å²) in [7, 11) is -3.87. The summed E-state index contributed by atoms with van der Waals surface area (Å²) in [6.45, 7) is 3.12. The summed E-state index contributed by atoms with van der Waals surface area (Å²) >= 11 is 0. The number of amides is 1. The fraction of sp³-hybridized carbons (Fsp3) is 0.263. The van der Waals surface area contributed by atoms with Crippen molar-refractivity contribution in [2.24, 2.45) is 0 Å². The number of anilines is 1. The van der Waals surface area contributed by atoms with E-state index in [-0.39, 0.29) is 17.9 Å². The summed E-state index contributed by atoms with van der Waals surface area (Å²) in [5, 5.41) is 11.2. The largest absolute Gasteiger partial charge is 0.480 e. The van der Waals surface area contributed by atoms with Gasteiger partial charge in [-0.1, -0.05) is 35.9 Å². The molecule has 0 heterocycles. The lowest BCUT2D eigenvalue weighted by Gasteiger charge is -2.24. The van der Waals surface area contributed by atoms with Gasteiger partial charge in [-0.15, -0.1) is 0 Å². The number of carbonyl (C=O) groups excluding carboxylic acids is 1. The number of carbonyl (C=O) groups is 2. The zero-order chi connectivity index (χ0) is 20.0. The van der Waals surface area contributed by atoms with Crippen molar-refractivity contribution in [2.45, 2.75) is 31.2 Å². The molecule has 2 rings (SSSR count). The molecule has 0 radical (unpaired) electrons. The molecule has 8 heteroatoms. The van der Waals surface area contributed by atoms with Gasteiger partial charge in [-0.25, -0.2) is 8.42 Å². The second kappa shape index (κ2) is 8.68. The number of nitrogens with one attached hydrogen (secondary N) is 1. The minimum atomic E-state index is -3.87. The van der Waals surface area contributed by atoms with Gasteiger partial charge < -0.3 is 10.4 Å². The van der Waals surface area contributed by atoms with Gasteiger partial charge in [-0.05, 0) is 38.1 Å². The van der Waals surface area contributed by atoms with Crippen molar-refractivity contribution >= 4 is 27.6 Å². The highest BCUT2D eigenvalue weighted by Crippen LogP contribution is 2.24. The van der Waals surface area contributed by atoms with Crippen LogP contribution in [0.2, 0.25) is 0 Å². The Morgan fingerprint density at radius 3 is 2.22 bits per heavy atom. The molecule has 1 amide bonds. The second-order valence-electron chi connectivity index (χ2n) is 6.10. The zero-order valence-corrected chi connectivity index (χ0v) is 15.9. The first-order valence-corrected chi connectivity index (χ1v) is 9.82. The van der Waals surface area contributed by atoms with Crippen molar-refractivity contribution in [3.8, 4) is 0 Å². The molecule has 0 aliphatic heterocycles. The number of rotatable bonds is 8. The van der Waals surface area contributed by atoms with Gasteiger partial charge in [0.2, 0.25) is 5.91 Å². The number of carboxylic acid groups (broad SMARTS) is 1. The molecule has 1 atom stereocenters. The van der Waals surface area contributed by atoms with E-state index in [0.29, 0.717) is 5.69 Å². The molecule has 2 N–H and O–H groups in total. The van der Waals surface area contributed by atoms with Crippen molar-refractivity contribution in [2.75, 3.05) is 10.8 Å². The Balaban J connectivity index is 2.27. The van der Waals surface area contributed by atoms with Crippen LogP contribution in [-0.4, -0.2) is 38.0 Å². The molecular weight excluding hydrogens is 368 g/mol. The summed E-state index contributed by atoms with van der Waals surface area (Å²) < 4.78 is 27.3. The van der Waals surface area contributed by atoms with Crippen molar-refractivity contribution < 1.29 is 23.1 Å². The van der Waals surface area contributed by atoms with Crippen LogP contribution >= 0.6 is 0 Å². The number of aliphatic carboxylic acids is 1. The first kappa shape index (κ1) is 20.4. The normalized spacial score (nSPS) is 12.2. The number of carboxylic acids is 1. The SMILES string of the molecule is Cc1ccc(N(CCC(=O)NC(C)C(=O)O)S(=O)(=O)c2ccccc2)cc1. The van der Waals surface area contributed by atoms with Gasteiger partial charge in [-0.2, -0.15) is 0 Å². The van der Waals surface area contributed by atoms with Crippen LogP contribution in [0.4, 0.5) is 5.69 Å². The van der Waals surface area contributed by atoms with Crippen LogP contribution in [0.3, 0.4) is 0 Å². The van der Waals surface area contributed by atoms with Crippen LogP contribution in [-0.2, 0) is 19.6 Å². The predicted octanol–water partition coefficient (Wildman–Crippen LogP) is 2.17. The van der Waals surface area contributed by atoms with Crippen LogP contribution in [0.25, 0.3) is 0 Å².